The zero-order chi connectivity index (χ0) is 25.4. The number of hydrogen-bond donors (Lipinski definition) is 0. The summed E-state index contributed by atoms with van der Waals surface area (Å²) in [5, 5.41) is 17.1. The van der Waals surface area contributed by atoms with Crippen molar-refractivity contribution >= 4 is 47.4 Å². The van der Waals surface area contributed by atoms with E-state index in [9.17, 15) is 19.2 Å². The average Bonchev–Trinajstić information content (AvgIpc) is 2.78. The second kappa shape index (κ2) is 16.0. The van der Waals surface area contributed by atoms with Crippen LogP contribution in [0.25, 0.3) is 0 Å². The fraction of sp³-hybridized carbons (Fsp3) is 0.636. The molecule has 1 rings (SSSR count). The molecule has 0 aromatic carbocycles. The Morgan fingerprint density at radius 1 is 0.882 bits per heavy atom. The smallest absolute Gasteiger partial charge is 0.320 e. The minimum Gasteiger partial charge on any atom is -0.465 e. The third-order valence-corrected chi connectivity index (χ3v) is 6.68. The van der Waals surface area contributed by atoms with Crippen LogP contribution in [-0.2, 0) is 38.1 Å². The zero-order valence-electron chi connectivity index (χ0n) is 19.0. The summed E-state index contributed by atoms with van der Waals surface area (Å²) in [6, 6.07) is 3.31. The van der Waals surface area contributed by atoms with E-state index in [0.717, 1.165) is 17.1 Å². The highest BCUT2D eigenvalue weighted by atomic mass is 32.2. The first-order valence-electron chi connectivity index (χ1n) is 10.4. The second-order valence-corrected chi connectivity index (χ2v) is 9.92. The molecule has 1 aliphatic heterocycles. The quantitative estimate of drug-likeness (QED) is 0.214. The summed E-state index contributed by atoms with van der Waals surface area (Å²) >= 11 is 3.31. The van der Waals surface area contributed by atoms with Crippen molar-refractivity contribution in [3.63, 3.8) is 0 Å². The molecule has 1 heterocycles. The maximum absolute atomic E-state index is 12.2. The summed E-state index contributed by atoms with van der Waals surface area (Å²) in [6.07, 6.45) is -1.51. The standard InChI is InChI=1S/C22H28N2O8S2/c1-16-9-33-11-17(12-34-10-16)32-21(28)4-3-18(25)29-13-22(2,14-30-19(26)5-7-23)15-31-20(27)6-8-24/h17H,1,3-6,9-15H2,2H3. The first kappa shape index (κ1) is 29.3. The van der Waals surface area contributed by atoms with Crippen molar-refractivity contribution in [2.24, 2.45) is 5.41 Å². The summed E-state index contributed by atoms with van der Waals surface area (Å²) in [5.41, 5.74) is 0.0400. The number of carbonyl (C=O) groups excluding carboxylic acids is 4. The van der Waals surface area contributed by atoms with E-state index in [-0.39, 0.29) is 38.8 Å². The molecule has 12 heteroatoms. The van der Waals surface area contributed by atoms with Gasteiger partial charge >= 0.3 is 23.9 Å². The predicted octanol–water partition coefficient (Wildman–Crippen LogP) is 2.18. The van der Waals surface area contributed by atoms with Crippen LogP contribution in [0.4, 0.5) is 0 Å². The SMILES string of the molecule is C=C1CSCC(OC(=O)CCC(=O)OCC(C)(COC(=O)CC#N)COC(=O)CC#N)CSC1. The van der Waals surface area contributed by atoms with Crippen LogP contribution in [0.1, 0.15) is 32.6 Å². The molecule has 10 nitrogen and oxygen atoms in total. The lowest BCUT2D eigenvalue weighted by atomic mass is 9.94. The Morgan fingerprint density at radius 2 is 1.32 bits per heavy atom. The zero-order valence-corrected chi connectivity index (χ0v) is 20.7. The van der Waals surface area contributed by atoms with Crippen LogP contribution in [0, 0.1) is 28.1 Å². The highest BCUT2D eigenvalue weighted by Gasteiger charge is 2.31. The Kier molecular flexibility index (Phi) is 13.8. The monoisotopic (exact) mass is 512 g/mol. The summed E-state index contributed by atoms with van der Waals surface area (Å²) in [4.78, 5) is 47.3. The number of hydrogen-bond acceptors (Lipinski definition) is 12. The Balaban J connectivity index is 2.49. The van der Waals surface area contributed by atoms with Gasteiger partial charge in [0.05, 0.1) is 30.4 Å². The van der Waals surface area contributed by atoms with Crippen molar-refractivity contribution in [2.45, 2.75) is 38.7 Å². The molecular formula is C22H28N2O8S2. The molecule has 0 amide bonds. The first-order chi connectivity index (χ1) is 16.2. The molecule has 186 valence electrons. The van der Waals surface area contributed by atoms with Crippen molar-refractivity contribution < 1.29 is 38.1 Å². The van der Waals surface area contributed by atoms with Gasteiger partial charge in [0.1, 0.15) is 38.8 Å². The Labute approximate surface area is 207 Å². The van der Waals surface area contributed by atoms with Crippen molar-refractivity contribution in [1.29, 1.82) is 10.5 Å². The molecule has 0 saturated carbocycles. The molecule has 0 bridgehead atoms. The molecule has 0 N–H and O–H groups in total. The molecule has 1 aliphatic rings. The average molecular weight is 513 g/mol. The van der Waals surface area contributed by atoms with Crippen molar-refractivity contribution in [2.75, 3.05) is 42.8 Å². The summed E-state index contributed by atoms with van der Waals surface area (Å²) in [7, 11) is 0. The van der Waals surface area contributed by atoms with Gasteiger partial charge in [-0.05, 0) is 6.92 Å². The summed E-state index contributed by atoms with van der Waals surface area (Å²) in [6.45, 7) is 4.67. The number of rotatable bonds is 12. The molecule has 0 spiro atoms. The topological polar surface area (TPSA) is 153 Å². The molecule has 34 heavy (non-hydrogen) atoms. The number of nitrogens with zero attached hydrogens (tertiary/aromatic N) is 2. The van der Waals surface area contributed by atoms with E-state index < -0.39 is 42.1 Å². The molecule has 0 aromatic rings. The second-order valence-electron chi connectivity index (χ2n) is 7.85. The van der Waals surface area contributed by atoms with Crippen molar-refractivity contribution in [1.82, 2.24) is 0 Å². The van der Waals surface area contributed by atoms with E-state index in [0.29, 0.717) is 11.5 Å². The lowest BCUT2D eigenvalue weighted by Gasteiger charge is -2.27. The third-order valence-electron chi connectivity index (χ3n) is 4.24. The fourth-order valence-corrected chi connectivity index (χ4v) is 4.66. The maximum Gasteiger partial charge on any atom is 0.320 e. The lowest BCUT2D eigenvalue weighted by molar-refractivity contribution is -0.161. The highest BCUT2D eigenvalue weighted by Crippen LogP contribution is 2.22. The minimum atomic E-state index is -1.11. The molecule has 0 aromatic heterocycles. The predicted molar refractivity (Wildman–Crippen MR) is 124 cm³/mol. The van der Waals surface area contributed by atoms with E-state index >= 15 is 0 Å². The van der Waals surface area contributed by atoms with Crippen LogP contribution in [0.15, 0.2) is 12.2 Å². The maximum atomic E-state index is 12.2. The lowest BCUT2D eigenvalue weighted by Crippen LogP contribution is -2.37. The summed E-state index contributed by atoms with van der Waals surface area (Å²) in [5.74, 6) is 0.245. The van der Waals surface area contributed by atoms with Gasteiger partial charge in [-0.2, -0.15) is 34.0 Å². The van der Waals surface area contributed by atoms with E-state index in [4.69, 9.17) is 29.5 Å². The van der Waals surface area contributed by atoms with Gasteiger partial charge < -0.3 is 18.9 Å². The van der Waals surface area contributed by atoms with Gasteiger partial charge in [0.15, 0.2) is 0 Å². The van der Waals surface area contributed by atoms with E-state index in [1.165, 1.54) is 0 Å². The van der Waals surface area contributed by atoms with Gasteiger partial charge in [0.2, 0.25) is 0 Å². The fourth-order valence-electron chi connectivity index (χ4n) is 2.47. The number of ether oxygens (including phenoxy) is 4. The Bertz CT molecular complexity index is 790. The number of nitriles is 2. The third kappa shape index (κ3) is 13.1. The molecule has 0 atom stereocenters. The minimum absolute atomic E-state index is 0.150. The van der Waals surface area contributed by atoms with Gasteiger partial charge in [0, 0.05) is 23.0 Å². The van der Waals surface area contributed by atoms with Crippen LogP contribution < -0.4 is 0 Å². The molecule has 0 unspecified atom stereocenters. The number of thioether (sulfide) groups is 2. The Hall–Kier alpha value is -2.70. The van der Waals surface area contributed by atoms with Crippen molar-refractivity contribution in [3.8, 4) is 12.1 Å². The highest BCUT2D eigenvalue weighted by molar-refractivity contribution is 8.01. The van der Waals surface area contributed by atoms with Crippen LogP contribution in [0.2, 0.25) is 0 Å². The van der Waals surface area contributed by atoms with E-state index in [1.54, 1.807) is 42.6 Å². The van der Waals surface area contributed by atoms with Gasteiger partial charge in [-0.15, -0.1) is 0 Å². The molecular weight excluding hydrogens is 484 g/mol. The van der Waals surface area contributed by atoms with Gasteiger partial charge in [-0.1, -0.05) is 12.2 Å². The van der Waals surface area contributed by atoms with Crippen molar-refractivity contribution in [3.05, 3.63) is 12.2 Å². The van der Waals surface area contributed by atoms with Crippen LogP contribution in [0.3, 0.4) is 0 Å². The van der Waals surface area contributed by atoms with Gasteiger partial charge in [-0.3, -0.25) is 19.2 Å². The molecule has 1 saturated heterocycles. The normalized spacial score (nSPS) is 14.5. The molecule has 0 radical (unpaired) electrons. The van der Waals surface area contributed by atoms with Crippen LogP contribution in [0.5, 0.6) is 0 Å². The molecule has 1 fully saturated rings. The van der Waals surface area contributed by atoms with Crippen LogP contribution >= 0.6 is 23.5 Å². The largest absolute Gasteiger partial charge is 0.465 e. The molecule has 0 aliphatic carbocycles. The van der Waals surface area contributed by atoms with Crippen LogP contribution in [-0.4, -0.2) is 72.8 Å². The van der Waals surface area contributed by atoms with Gasteiger partial charge in [-0.25, -0.2) is 0 Å². The van der Waals surface area contributed by atoms with E-state index in [2.05, 4.69) is 6.58 Å². The number of esters is 4. The first-order valence-corrected chi connectivity index (χ1v) is 12.7. The van der Waals surface area contributed by atoms with E-state index in [1.807, 2.05) is 0 Å². The number of carbonyl (C=O) groups is 4. The Morgan fingerprint density at radius 3 is 1.79 bits per heavy atom. The summed E-state index contributed by atoms with van der Waals surface area (Å²) < 4.78 is 20.6. The van der Waals surface area contributed by atoms with Gasteiger partial charge in [0.25, 0.3) is 0 Å².